The fourth-order valence-electron chi connectivity index (χ4n) is 2.95. The molecule has 25 heavy (non-hydrogen) atoms. The predicted octanol–water partition coefficient (Wildman–Crippen LogP) is 4.03. The summed E-state index contributed by atoms with van der Waals surface area (Å²) in [5.74, 6) is 1.63. The molecule has 0 spiro atoms. The van der Waals surface area contributed by atoms with Gasteiger partial charge in [0.1, 0.15) is 0 Å². The van der Waals surface area contributed by atoms with Crippen LogP contribution in [0.25, 0.3) is 11.6 Å². The first-order chi connectivity index (χ1) is 12.2. The Bertz CT molecular complexity index is 737. The van der Waals surface area contributed by atoms with E-state index in [-0.39, 0.29) is 5.91 Å². The molecule has 3 rings (SSSR count). The average molecular weight is 425 g/mol. The molecule has 8 heteroatoms. The van der Waals surface area contributed by atoms with Crippen LogP contribution in [-0.2, 0) is 11.3 Å². The van der Waals surface area contributed by atoms with Crippen LogP contribution < -0.4 is 5.32 Å². The Labute approximate surface area is 159 Å². The van der Waals surface area contributed by atoms with Gasteiger partial charge in [-0.15, -0.1) is 16.8 Å². The summed E-state index contributed by atoms with van der Waals surface area (Å²) >= 11 is 4.68. The van der Waals surface area contributed by atoms with Crippen molar-refractivity contribution < 1.29 is 9.21 Å². The molecular weight excluding hydrogens is 404 g/mol. The van der Waals surface area contributed by atoms with E-state index in [1.807, 2.05) is 16.7 Å². The van der Waals surface area contributed by atoms with E-state index in [0.29, 0.717) is 39.8 Å². The monoisotopic (exact) mass is 424 g/mol. The number of rotatable bonds is 7. The third-order valence-electron chi connectivity index (χ3n) is 4.12. The van der Waals surface area contributed by atoms with Crippen LogP contribution in [0, 0.1) is 0 Å². The van der Waals surface area contributed by atoms with Gasteiger partial charge in [0.15, 0.2) is 15.6 Å². The molecule has 2 heterocycles. The largest absolute Gasteiger partial charge is 0.446 e. The Balaban J connectivity index is 1.64. The third-order valence-corrected chi connectivity index (χ3v) is 5.52. The highest BCUT2D eigenvalue weighted by Crippen LogP contribution is 2.27. The number of allylic oxidation sites excluding steroid dienone is 1. The van der Waals surface area contributed by atoms with Crippen molar-refractivity contribution in [3.05, 3.63) is 29.5 Å². The Morgan fingerprint density at radius 3 is 2.88 bits per heavy atom. The number of amides is 1. The lowest BCUT2D eigenvalue weighted by Gasteiger charge is -2.22. The zero-order valence-electron chi connectivity index (χ0n) is 13.9. The first-order valence-electron chi connectivity index (χ1n) is 8.39. The summed E-state index contributed by atoms with van der Waals surface area (Å²) in [6.45, 7) is 4.33. The lowest BCUT2D eigenvalue weighted by molar-refractivity contribution is -0.119. The van der Waals surface area contributed by atoms with Gasteiger partial charge in [0.2, 0.25) is 11.7 Å². The fourth-order valence-corrected chi connectivity index (χ4v) is 4.02. The van der Waals surface area contributed by atoms with E-state index in [0.717, 1.165) is 12.8 Å². The van der Waals surface area contributed by atoms with Crippen molar-refractivity contribution in [2.75, 3.05) is 5.75 Å². The molecule has 1 saturated carbocycles. The van der Waals surface area contributed by atoms with Crippen molar-refractivity contribution >= 4 is 33.6 Å². The lowest BCUT2D eigenvalue weighted by atomic mass is 9.95. The van der Waals surface area contributed by atoms with Gasteiger partial charge in [-0.1, -0.05) is 37.1 Å². The number of carbonyl (C=O) groups excluding carboxylic acids is 1. The summed E-state index contributed by atoms with van der Waals surface area (Å²) in [4.78, 5) is 12.2. The first kappa shape index (κ1) is 18.3. The summed E-state index contributed by atoms with van der Waals surface area (Å²) in [6.07, 6.45) is 7.62. The Morgan fingerprint density at radius 1 is 1.40 bits per heavy atom. The van der Waals surface area contributed by atoms with Crippen molar-refractivity contribution in [1.29, 1.82) is 0 Å². The van der Waals surface area contributed by atoms with Crippen molar-refractivity contribution in [1.82, 2.24) is 20.1 Å². The van der Waals surface area contributed by atoms with Gasteiger partial charge in [0.25, 0.3) is 0 Å². The van der Waals surface area contributed by atoms with Crippen molar-refractivity contribution in [3.8, 4) is 11.6 Å². The van der Waals surface area contributed by atoms with Crippen LogP contribution in [0.15, 0.2) is 39.0 Å². The molecule has 0 aromatic carbocycles. The van der Waals surface area contributed by atoms with E-state index in [4.69, 9.17) is 4.42 Å². The Kier molecular flexibility index (Phi) is 6.36. The molecule has 1 aliphatic rings. The average Bonchev–Trinajstić information content (AvgIpc) is 3.20. The predicted molar refractivity (Wildman–Crippen MR) is 101 cm³/mol. The normalized spacial score (nSPS) is 15.2. The molecular formula is C17H21BrN4O2S. The number of furan rings is 1. The number of thioether (sulfide) groups is 1. The summed E-state index contributed by atoms with van der Waals surface area (Å²) in [5.41, 5.74) is 0. The molecule has 1 aliphatic carbocycles. The molecule has 0 saturated heterocycles. The Morgan fingerprint density at radius 2 is 2.20 bits per heavy atom. The molecule has 1 fully saturated rings. The molecule has 1 N–H and O–H groups in total. The minimum absolute atomic E-state index is 0.0485. The summed E-state index contributed by atoms with van der Waals surface area (Å²) in [5, 5.41) is 12.2. The van der Waals surface area contributed by atoms with Crippen LogP contribution in [-0.4, -0.2) is 32.5 Å². The highest BCUT2D eigenvalue weighted by atomic mass is 79.9. The molecule has 2 aromatic rings. The van der Waals surface area contributed by atoms with E-state index < -0.39 is 0 Å². The summed E-state index contributed by atoms with van der Waals surface area (Å²) < 4.78 is 8.10. The van der Waals surface area contributed by atoms with Crippen LogP contribution >= 0.6 is 27.7 Å². The van der Waals surface area contributed by atoms with Crippen molar-refractivity contribution in [2.45, 2.75) is 49.8 Å². The maximum absolute atomic E-state index is 12.2. The van der Waals surface area contributed by atoms with E-state index in [1.165, 1.54) is 31.0 Å². The summed E-state index contributed by atoms with van der Waals surface area (Å²) in [6, 6.07) is 3.97. The van der Waals surface area contributed by atoms with Crippen LogP contribution in [0.5, 0.6) is 0 Å². The number of aromatic nitrogens is 3. The molecule has 0 unspecified atom stereocenters. The van der Waals surface area contributed by atoms with Crippen LogP contribution in [0.2, 0.25) is 0 Å². The highest BCUT2D eigenvalue weighted by molar-refractivity contribution is 9.10. The number of hydrogen-bond acceptors (Lipinski definition) is 5. The van der Waals surface area contributed by atoms with E-state index in [1.54, 1.807) is 6.08 Å². The van der Waals surface area contributed by atoms with Crippen molar-refractivity contribution in [3.63, 3.8) is 0 Å². The quantitative estimate of drug-likeness (QED) is 0.536. The number of hydrogen-bond donors (Lipinski definition) is 1. The second-order valence-electron chi connectivity index (χ2n) is 6.00. The minimum atomic E-state index is 0.0485. The molecule has 0 bridgehead atoms. The van der Waals surface area contributed by atoms with Gasteiger partial charge < -0.3 is 9.73 Å². The van der Waals surface area contributed by atoms with Gasteiger partial charge in [-0.3, -0.25) is 9.36 Å². The molecule has 1 amide bonds. The molecule has 6 nitrogen and oxygen atoms in total. The van der Waals surface area contributed by atoms with Gasteiger partial charge in [0.05, 0.1) is 5.75 Å². The topological polar surface area (TPSA) is 73.0 Å². The minimum Gasteiger partial charge on any atom is -0.446 e. The standard InChI is InChI=1S/C17H21BrN4O2S/c1-2-10-22-16(13-8-9-14(18)24-13)20-21-17(22)25-11-15(23)19-12-6-4-3-5-7-12/h2,8-9,12H,1,3-7,10-11H2,(H,19,23). The van der Waals surface area contributed by atoms with Gasteiger partial charge in [-0.05, 0) is 40.9 Å². The lowest BCUT2D eigenvalue weighted by Crippen LogP contribution is -2.37. The SMILES string of the molecule is C=CCn1c(SCC(=O)NC2CCCCC2)nnc1-c1ccc(Br)o1. The third kappa shape index (κ3) is 4.76. The van der Waals surface area contributed by atoms with Gasteiger partial charge in [0, 0.05) is 12.6 Å². The van der Waals surface area contributed by atoms with Gasteiger partial charge in [-0.25, -0.2) is 0 Å². The molecule has 0 atom stereocenters. The summed E-state index contributed by atoms with van der Waals surface area (Å²) in [7, 11) is 0. The smallest absolute Gasteiger partial charge is 0.230 e. The number of nitrogens with one attached hydrogen (secondary N) is 1. The zero-order valence-corrected chi connectivity index (χ0v) is 16.3. The number of carbonyl (C=O) groups is 1. The highest BCUT2D eigenvalue weighted by Gasteiger charge is 2.19. The van der Waals surface area contributed by atoms with Gasteiger partial charge >= 0.3 is 0 Å². The van der Waals surface area contributed by atoms with Crippen LogP contribution in [0.4, 0.5) is 0 Å². The molecule has 2 aromatic heterocycles. The molecule has 0 radical (unpaired) electrons. The fraction of sp³-hybridized carbons (Fsp3) is 0.471. The first-order valence-corrected chi connectivity index (χ1v) is 10.2. The number of nitrogens with zero attached hydrogens (tertiary/aromatic N) is 3. The zero-order chi connectivity index (χ0) is 17.6. The molecule has 0 aliphatic heterocycles. The van der Waals surface area contributed by atoms with Crippen molar-refractivity contribution in [2.24, 2.45) is 0 Å². The van der Waals surface area contributed by atoms with E-state index in [9.17, 15) is 4.79 Å². The Hall–Kier alpha value is -1.54. The van der Waals surface area contributed by atoms with Crippen LogP contribution in [0.1, 0.15) is 32.1 Å². The van der Waals surface area contributed by atoms with E-state index >= 15 is 0 Å². The number of halogens is 1. The maximum Gasteiger partial charge on any atom is 0.230 e. The maximum atomic E-state index is 12.2. The van der Waals surface area contributed by atoms with Crippen LogP contribution in [0.3, 0.4) is 0 Å². The molecule has 134 valence electrons. The second kappa shape index (κ2) is 8.71. The second-order valence-corrected chi connectivity index (χ2v) is 7.72. The van der Waals surface area contributed by atoms with Gasteiger partial charge in [-0.2, -0.15) is 0 Å². The van der Waals surface area contributed by atoms with E-state index in [2.05, 4.69) is 38.0 Å².